The molecule has 0 aliphatic heterocycles. The van der Waals surface area contributed by atoms with Crippen molar-refractivity contribution in [3.05, 3.63) is 11.8 Å². The third-order valence-corrected chi connectivity index (χ3v) is 1.16. The van der Waals surface area contributed by atoms with Crippen LogP contribution in [0.4, 0.5) is 0 Å². The van der Waals surface area contributed by atoms with Crippen molar-refractivity contribution in [2.45, 2.75) is 20.8 Å². The van der Waals surface area contributed by atoms with Crippen molar-refractivity contribution in [2.24, 2.45) is 11.8 Å². The summed E-state index contributed by atoms with van der Waals surface area (Å²) in [6.45, 7) is 6.16. The van der Waals surface area contributed by atoms with Crippen molar-refractivity contribution >= 4 is 0 Å². The van der Waals surface area contributed by atoms with Crippen LogP contribution in [0.2, 0.25) is 0 Å². The summed E-state index contributed by atoms with van der Waals surface area (Å²) in [6.07, 6.45) is 1.56. The fourth-order valence-electron chi connectivity index (χ4n) is 0.243. The zero-order valence-electron chi connectivity index (χ0n) is 5.64. The minimum absolute atomic E-state index is 0.526. The van der Waals surface area contributed by atoms with Gasteiger partial charge in [-0.1, -0.05) is 13.8 Å². The lowest BCUT2D eigenvalue weighted by molar-refractivity contribution is 0.255. The lowest BCUT2D eigenvalue weighted by Crippen LogP contribution is -1.94. The van der Waals surface area contributed by atoms with E-state index in [2.05, 4.69) is 18.7 Å². The van der Waals surface area contributed by atoms with Crippen molar-refractivity contribution in [1.82, 2.24) is 0 Å². The molecule has 2 nitrogen and oxygen atoms in total. The first-order valence-electron chi connectivity index (χ1n) is 2.70. The highest BCUT2D eigenvalue weighted by molar-refractivity contribution is 4.95. The molecular formula is C6H13NO. The first kappa shape index (κ1) is 7.50. The van der Waals surface area contributed by atoms with Crippen LogP contribution in [-0.4, -0.2) is 0 Å². The second kappa shape index (κ2) is 3.50. The molecule has 0 bridgehead atoms. The molecule has 0 radical (unpaired) electrons. The summed E-state index contributed by atoms with van der Waals surface area (Å²) in [5.41, 5.74) is 1.16. The smallest absolute Gasteiger partial charge is 0.110 e. The van der Waals surface area contributed by atoms with Crippen LogP contribution in [0.1, 0.15) is 20.8 Å². The molecule has 0 aromatic heterocycles. The Labute approximate surface area is 50.3 Å². The second-order valence-electron chi connectivity index (χ2n) is 2.15. The molecule has 0 amide bonds. The first-order chi connectivity index (χ1) is 3.68. The van der Waals surface area contributed by atoms with Crippen LogP contribution in [0.25, 0.3) is 0 Å². The van der Waals surface area contributed by atoms with Crippen LogP contribution in [0.3, 0.4) is 0 Å². The summed E-state index contributed by atoms with van der Waals surface area (Å²) in [5.74, 6) is 5.32. The van der Waals surface area contributed by atoms with E-state index in [9.17, 15) is 0 Å². The van der Waals surface area contributed by atoms with Crippen LogP contribution in [0.15, 0.2) is 11.8 Å². The molecule has 8 heavy (non-hydrogen) atoms. The van der Waals surface area contributed by atoms with Gasteiger partial charge in [0, 0.05) is 0 Å². The predicted molar refractivity (Wildman–Crippen MR) is 33.9 cm³/mol. The summed E-state index contributed by atoms with van der Waals surface area (Å²) >= 11 is 0. The largest absolute Gasteiger partial charge is 0.419 e. The van der Waals surface area contributed by atoms with Gasteiger partial charge in [-0.15, -0.1) is 0 Å². The molecule has 0 unspecified atom stereocenters. The van der Waals surface area contributed by atoms with Crippen molar-refractivity contribution in [3.63, 3.8) is 0 Å². The average Bonchev–Trinajstić information content (AvgIpc) is 1.67. The molecule has 0 fully saturated rings. The molecule has 2 heteroatoms. The maximum atomic E-state index is 4.79. The van der Waals surface area contributed by atoms with Crippen LogP contribution < -0.4 is 5.90 Å². The van der Waals surface area contributed by atoms with Gasteiger partial charge < -0.3 is 4.84 Å². The molecule has 0 aliphatic carbocycles. The van der Waals surface area contributed by atoms with E-state index in [4.69, 9.17) is 5.90 Å². The first-order valence-corrected chi connectivity index (χ1v) is 2.70. The molecule has 0 rings (SSSR count). The number of hydrogen-bond acceptors (Lipinski definition) is 2. The molecule has 2 N–H and O–H groups in total. The van der Waals surface area contributed by atoms with E-state index < -0.39 is 0 Å². The number of rotatable bonds is 2. The molecule has 0 aromatic rings. The topological polar surface area (TPSA) is 35.2 Å². The van der Waals surface area contributed by atoms with Gasteiger partial charge in [-0.3, -0.25) is 0 Å². The minimum atomic E-state index is 0.526. The second-order valence-corrected chi connectivity index (χ2v) is 2.15. The van der Waals surface area contributed by atoms with Crippen LogP contribution in [-0.2, 0) is 4.84 Å². The molecular weight excluding hydrogens is 102 g/mol. The van der Waals surface area contributed by atoms with Gasteiger partial charge in [0.25, 0.3) is 0 Å². The highest BCUT2D eigenvalue weighted by Gasteiger charge is 1.93. The number of nitrogens with two attached hydrogens (primary N) is 1. The predicted octanol–water partition coefficient (Wildman–Crippen LogP) is 1.44. The van der Waals surface area contributed by atoms with E-state index in [0.29, 0.717) is 5.92 Å². The van der Waals surface area contributed by atoms with E-state index in [1.165, 1.54) is 0 Å². The molecule has 0 spiro atoms. The van der Waals surface area contributed by atoms with Gasteiger partial charge in [-0.25, -0.2) is 0 Å². The summed E-state index contributed by atoms with van der Waals surface area (Å²) in [4.78, 5) is 4.30. The summed E-state index contributed by atoms with van der Waals surface area (Å²) in [5, 5.41) is 0. The van der Waals surface area contributed by atoms with Gasteiger partial charge in [0.2, 0.25) is 0 Å². The van der Waals surface area contributed by atoms with Gasteiger partial charge >= 0.3 is 0 Å². The van der Waals surface area contributed by atoms with E-state index in [1.54, 1.807) is 6.26 Å². The van der Waals surface area contributed by atoms with Crippen molar-refractivity contribution in [1.29, 1.82) is 0 Å². The summed E-state index contributed by atoms with van der Waals surface area (Å²) in [6, 6.07) is 0. The zero-order chi connectivity index (χ0) is 6.57. The van der Waals surface area contributed by atoms with Gasteiger partial charge in [-0.2, -0.15) is 5.90 Å². The Morgan fingerprint density at radius 3 is 2.25 bits per heavy atom. The summed E-state index contributed by atoms with van der Waals surface area (Å²) < 4.78 is 0. The monoisotopic (exact) mass is 115 g/mol. The Morgan fingerprint density at radius 1 is 1.62 bits per heavy atom. The number of hydrogen-bond donors (Lipinski definition) is 1. The molecule has 0 atom stereocenters. The maximum absolute atomic E-state index is 4.79. The molecule has 0 saturated heterocycles. The fraction of sp³-hybridized carbons (Fsp3) is 0.667. The standard InChI is InChI=1S/C6H13NO/c1-5(2)6(3)4-8-7/h4-5H,7H2,1-3H3/b6-4+. The average molecular weight is 115 g/mol. The van der Waals surface area contributed by atoms with E-state index in [0.717, 1.165) is 5.57 Å². The van der Waals surface area contributed by atoms with Crippen molar-refractivity contribution in [2.75, 3.05) is 0 Å². The highest BCUT2D eigenvalue weighted by Crippen LogP contribution is 2.05. The Bertz CT molecular complexity index is 86.5. The molecule has 0 saturated carbocycles. The SMILES string of the molecule is C/C(=C\ON)C(C)C. The summed E-state index contributed by atoms with van der Waals surface area (Å²) in [7, 11) is 0. The maximum Gasteiger partial charge on any atom is 0.110 e. The normalized spacial score (nSPS) is 12.4. The molecule has 0 aliphatic rings. The van der Waals surface area contributed by atoms with E-state index in [1.807, 2.05) is 6.92 Å². The molecule has 48 valence electrons. The Kier molecular flexibility index (Phi) is 3.28. The van der Waals surface area contributed by atoms with Crippen molar-refractivity contribution in [3.8, 4) is 0 Å². The van der Waals surface area contributed by atoms with Crippen LogP contribution in [0.5, 0.6) is 0 Å². The third-order valence-electron chi connectivity index (χ3n) is 1.16. The molecule has 0 heterocycles. The Morgan fingerprint density at radius 2 is 2.12 bits per heavy atom. The highest BCUT2D eigenvalue weighted by atomic mass is 16.6. The van der Waals surface area contributed by atoms with Crippen LogP contribution >= 0.6 is 0 Å². The van der Waals surface area contributed by atoms with Gasteiger partial charge in [0.05, 0.1) is 0 Å². The lowest BCUT2D eigenvalue weighted by Gasteiger charge is -2.01. The number of allylic oxidation sites excluding steroid dienone is 1. The lowest BCUT2D eigenvalue weighted by atomic mass is 10.1. The quantitative estimate of drug-likeness (QED) is 0.436. The fourth-order valence-corrected chi connectivity index (χ4v) is 0.243. The molecule has 0 aromatic carbocycles. The van der Waals surface area contributed by atoms with Crippen molar-refractivity contribution < 1.29 is 4.84 Å². The van der Waals surface area contributed by atoms with Gasteiger partial charge in [0.15, 0.2) is 0 Å². The third kappa shape index (κ3) is 2.64. The minimum Gasteiger partial charge on any atom is -0.419 e. The Hall–Kier alpha value is -0.500. The van der Waals surface area contributed by atoms with E-state index in [-0.39, 0.29) is 0 Å². The van der Waals surface area contributed by atoms with Gasteiger partial charge in [-0.05, 0) is 18.4 Å². The van der Waals surface area contributed by atoms with Crippen LogP contribution in [0, 0.1) is 5.92 Å². The van der Waals surface area contributed by atoms with Gasteiger partial charge in [0.1, 0.15) is 6.26 Å². The zero-order valence-corrected chi connectivity index (χ0v) is 5.64. The Balaban J connectivity index is 3.61. The van der Waals surface area contributed by atoms with E-state index >= 15 is 0 Å².